The van der Waals surface area contributed by atoms with Crippen molar-refractivity contribution in [2.75, 3.05) is 13.2 Å². The number of amides is 2. The summed E-state index contributed by atoms with van der Waals surface area (Å²) in [4.78, 5) is 53.5. The minimum atomic E-state index is -1.35. The van der Waals surface area contributed by atoms with E-state index in [1.54, 1.807) is 18.2 Å². The van der Waals surface area contributed by atoms with Gasteiger partial charge in [0.15, 0.2) is 6.04 Å². The van der Waals surface area contributed by atoms with Crippen molar-refractivity contribution in [3.63, 3.8) is 0 Å². The summed E-state index contributed by atoms with van der Waals surface area (Å²) in [6.07, 6.45) is 4.12. The summed E-state index contributed by atoms with van der Waals surface area (Å²) in [6.45, 7) is 7.07. The highest BCUT2D eigenvalue weighted by Crippen LogP contribution is 2.18. The maximum absolute atomic E-state index is 13.6. The summed E-state index contributed by atoms with van der Waals surface area (Å²) in [6, 6.07) is 33.8. The van der Waals surface area contributed by atoms with Crippen molar-refractivity contribution in [1.29, 1.82) is 0 Å². The van der Waals surface area contributed by atoms with Gasteiger partial charge in [-0.1, -0.05) is 115 Å². The molecule has 0 bridgehead atoms. The molecule has 0 saturated carbocycles. The van der Waals surface area contributed by atoms with Crippen molar-refractivity contribution < 1.29 is 38.5 Å². The van der Waals surface area contributed by atoms with Gasteiger partial charge in [0.25, 0.3) is 0 Å². The lowest BCUT2D eigenvalue weighted by Crippen LogP contribution is -2.48. The van der Waals surface area contributed by atoms with E-state index in [1.165, 1.54) is 6.08 Å². The van der Waals surface area contributed by atoms with Gasteiger partial charge in [0.2, 0.25) is 11.8 Å². The van der Waals surface area contributed by atoms with Gasteiger partial charge in [0.1, 0.15) is 25.6 Å². The summed E-state index contributed by atoms with van der Waals surface area (Å²) in [5.74, 6) is -3.21. The van der Waals surface area contributed by atoms with Gasteiger partial charge in [0.05, 0.1) is 24.5 Å². The van der Waals surface area contributed by atoms with E-state index in [1.807, 2.05) is 103 Å². The zero-order valence-electron chi connectivity index (χ0n) is 31.0. The Labute approximate surface area is 323 Å². The molecule has 10 nitrogen and oxygen atoms in total. The Bertz CT molecular complexity index is 1800. The highest BCUT2D eigenvalue weighted by molar-refractivity contribution is 5.89. The number of nitrogens with one attached hydrogen (secondary N) is 2. The highest BCUT2D eigenvalue weighted by Gasteiger charge is 2.30. The van der Waals surface area contributed by atoms with E-state index in [4.69, 9.17) is 14.2 Å². The van der Waals surface area contributed by atoms with Gasteiger partial charge in [-0.25, -0.2) is 4.79 Å². The third-order valence-electron chi connectivity index (χ3n) is 8.82. The lowest BCUT2D eigenvalue weighted by molar-refractivity contribution is -0.157. The minimum absolute atomic E-state index is 0.0580. The number of hydrogen-bond acceptors (Lipinski definition) is 8. The summed E-state index contributed by atoms with van der Waals surface area (Å²) in [5.41, 5.74) is 3.59. The van der Waals surface area contributed by atoms with Crippen LogP contribution in [0.15, 0.2) is 141 Å². The predicted octanol–water partition coefficient (Wildman–Crippen LogP) is 6.07. The van der Waals surface area contributed by atoms with Gasteiger partial charge in [-0.15, -0.1) is 13.2 Å². The zero-order valence-corrected chi connectivity index (χ0v) is 31.0. The fraction of sp³-hybridized carbons (Fsp3) is 0.289. The molecule has 0 unspecified atom stereocenters. The minimum Gasteiger partial charge on any atom is -0.489 e. The molecule has 0 fully saturated rings. The van der Waals surface area contributed by atoms with Gasteiger partial charge in [-0.2, -0.15) is 0 Å². The van der Waals surface area contributed by atoms with Crippen molar-refractivity contribution >= 4 is 23.8 Å². The van der Waals surface area contributed by atoms with Crippen LogP contribution in [0.25, 0.3) is 0 Å². The molecule has 4 rings (SSSR count). The van der Waals surface area contributed by atoms with Crippen LogP contribution in [-0.4, -0.2) is 54.2 Å². The molecule has 3 N–H and O–H groups in total. The molecule has 0 aliphatic rings. The number of hydrogen-bond donors (Lipinski definition) is 3. The van der Waals surface area contributed by atoms with Crippen LogP contribution in [0.5, 0.6) is 5.75 Å². The number of carbonyl (C=O) groups excluding carboxylic acids is 4. The molecule has 0 aliphatic heterocycles. The Morgan fingerprint density at radius 1 is 0.618 bits per heavy atom. The Balaban J connectivity index is 1.36. The van der Waals surface area contributed by atoms with E-state index in [0.29, 0.717) is 31.6 Å². The summed E-state index contributed by atoms with van der Waals surface area (Å²) in [7, 11) is 0. The van der Waals surface area contributed by atoms with E-state index in [-0.39, 0.29) is 26.1 Å². The molecular formula is C45H50N2O8. The van der Waals surface area contributed by atoms with E-state index in [9.17, 15) is 24.3 Å². The monoisotopic (exact) mass is 746 g/mol. The second kappa shape index (κ2) is 22.9. The first kappa shape index (κ1) is 41.8. The molecule has 0 radical (unpaired) electrons. The Morgan fingerprint density at radius 2 is 1.16 bits per heavy atom. The number of carbonyl (C=O) groups is 4. The quantitative estimate of drug-likeness (QED) is 0.0614. The summed E-state index contributed by atoms with van der Waals surface area (Å²) in [5, 5.41) is 15.6. The van der Waals surface area contributed by atoms with Crippen molar-refractivity contribution in [3.05, 3.63) is 163 Å². The number of allylic oxidation sites excluding steroid dienone is 2. The number of esters is 2. The largest absolute Gasteiger partial charge is 0.489 e. The molecule has 4 aromatic rings. The topological polar surface area (TPSA) is 140 Å². The molecule has 4 atom stereocenters. The molecule has 55 heavy (non-hydrogen) atoms. The first-order chi connectivity index (χ1) is 26.8. The zero-order chi connectivity index (χ0) is 39.3. The third kappa shape index (κ3) is 14.7. The molecule has 10 heteroatoms. The molecule has 0 aliphatic carbocycles. The van der Waals surface area contributed by atoms with Gasteiger partial charge < -0.3 is 30.0 Å². The normalized spacial score (nSPS) is 12.9. The van der Waals surface area contributed by atoms with Crippen LogP contribution in [-0.2, 0) is 54.7 Å². The van der Waals surface area contributed by atoms with Gasteiger partial charge >= 0.3 is 11.9 Å². The van der Waals surface area contributed by atoms with Crippen LogP contribution in [0.3, 0.4) is 0 Å². The first-order valence-corrected chi connectivity index (χ1v) is 18.4. The van der Waals surface area contributed by atoms with Gasteiger partial charge in [-0.3, -0.25) is 14.4 Å². The fourth-order valence-corrected chi connectivity index (χ4v) is 5.84. The van der Waals surface area contributed by atoms with Gasteiger partial charge in [-0.05, 0) is 60.1 Å². The molecule has 0 aromatic heterocycles. The standard InChI is InChI=1S/C45H50N2O8/c1-3-14-37(28-42(49)46-39(29-48)27-34-22-24-40(25-23-34)53-30-35-18-10-6-11-19-35)43(50)47-41(45(52)54-31-36-20-12-7-13-21-36)32-55-44(51)38(15-4-2)26-33-16-8-5-9-17-33/h3-13,16-25,37-39,41,48H,1-2,14-15,26-32H2,(H,46,49)(H,47,50)/t37-,38-,39-,41+/m0/s1. The predicted molar refractivity (Wildman–Crippen MR) is 210 cm³/mol. The van der Waals surface area contributed by atoms with Crippen molar-refractivity contribution in [1.82, 2.24) is 10.6 Å². The highest BCUT2D eigenvalue weighted by atomic mass is 16.6. The Morgan fingerprint density at radius 3 is 1.75 bits per heavy atom. The van der Waals surface area contributed by atoms with E-state index < -0.39 is 54.3 Å². The lowest BCUT2D eigenvalue weighted by atomic mass is 9.96. The van der Waals surface area contributed by atoms with Crippen LogP contribution < -0.4 is 15.4 Å². The maximum Gasteiger partial charge on any atom is 0.332 e. The van der Waals surface area contributed by atoms with Crippen molar-refractivity contribution in [2.45, 2.75) is 57.4 Å². The van der Waals surface area contributed by atoms with E-state index in [0.717, 1.165) is 22.3 Å². The molecular weight excluding hydrogens is 697 g/mol. The number of ether oxygens (including phenoxy) is 3. The van der Waals surface area contributed by atoms with Crippen molar-refractivity contribution in [2.24, 2.45) is 11.8 Å². The van der Waals surface area contributed by atoms with Crippen molar-refractivity contribution in [3.8, 4) is 5.75 Å². The molecule has 2 amide bonds. The van der Waals surface area contributed by atoms with Crippen LogP contribution in [0.2, 0.25) is 0 Å². The van der Waals surface area contributed by atoms with Crippen LogP contribution >= 0.6 is 0 Å². The number of benzene rings is 4. The third-order valence-corrected chi connectivity index (χ3v) is 8.82. The van der Waals surface area contributed by atoms with E-state index in [2.05, 4.69) is 23.8 Å². The Hall–Kier alpha value is -6.00. The molecule has 0 spiro atoms. The summed E-state index contributed by atoms with van der Waals surface area (Å²) >= 11 is 0. The van der Waals surface area contributed by atoms with Crippen LogP contribution in [0.1, 0.15) is 41.5 Å². The number of rotatable bonds is 23. The first-order valence-electron chi connectivity index (χ1n) is 18.4. The molecule has 0 heterocycles. The summed E-state index contributed by atoms with van der Waals surface area (Å²) < 4.78 is 17.0. The molecule has 4 aromatic carbocycles. The average Bonchev–Trinajstić information content (AvgIpc) is 3.21. The SMILES string of the molecule is C=CC[C@@H](CC(=O)N[C@H](CO)Cc1ccc(OCc2ccccc2)cc1)C(=O)N[C@H](COC(=O)[C@@H](CC=C)Cc1ccccc1)C(=O)OCc1ccccc1. The van der Waals surface area contributed by atoms with Gasteiger partial charge in [0, 0.05) is 6.42 Å². The van der Waals surface area contributed by atoms with Crippen LogP contribution in [0, 0.1) is 11.8 Å². The second-order valence-corrected chi connectivity index (χ2v) is 13.2. The molecule has 0 saturated heterocycles. The smallest absolute Gasteiger partial charge is 0.332 e. The average molecular weight is 747 g/mol. The molecule has 288 valence electrons. The van der Waals surface area contributed by atoms with E-state index >= 15 is 0 Å². The number of aliphatic hydroxyl groups is 1. The second-order valence-electron chi connectivity index (χ2n) is 13.2. The van der Waals surface area contributed by atoms with Crippen LogP contribution in [0.4, 0.5) is 0 Å². The number of aliphatic hydroxyl groups excluding tert-OH is 1. The Kier molecular flexibility index (Phi) is 17.4. The lowest BCUT2D eigenvalue weighted by Gasteiger charge is -2.23. The fourth-order valence-electron chi connectivity index (χ4n) is 5.84. The maximum atomic E-state index is 13.6.